The molecular formula is C9H10ClN3O. The first-order chi connectivity index (χ1) is 6.27. The number of halogens is 1. The van der Waals surface area contributed by atoms with Gasteiger partial charge < -0.3 is 11.1 Å². The molecule has 0 bridgehead atoms. The Bertz CT molecular complexity index is 389. The van der Waals surface area contributed by atoms with E-state index in [0.29, 0.717) is 12.0 Å². The lowest BCUT2D eigenvalue weighted by Crippen LogP contribution is -2.20. The van der Waals surface area contributed by atoms with Crippen molar-refractivity contribution in [1.82, 2.24) is 4.98 Å². The van der Waals surface area contributed by atoms with E-state index >= 15 is 0 Å². The van der Waals surface area contributed by atoms with Gasteiger partial charge in [-0.3, -0.25) is 4.79 Å². The number of carbonyl (C=O) groups is 1. The fraction of sp³-hybridized carbons (Fsp3) is 0.111. The number of rotatable bonds is 1. The standard InChI is InChI=1S/C9H9N3O.ClH/c10-8(13)7-4-6-2-1-3-11-9(6)12-5-7;/h1-3,5H,4H2,(H2,10,13)(H,11,12);1H. The number of amides is 1. The Kier molecular flexibility index (Phi) is 3.09. The average Bonchev–Trinajstić information content (AvgIpc) is 2.17. The Hall–Kier alpha value is -1.55. The molecule has 0 aliphatic carbocycles. The molecule has 0 unspecified atom stereocenters. The number of primary amides is 1. The van der Waals surface area contributed by atoms with Crippen molar-refractivity contribution in [3.05, 3.63) is 35.7 Å². The molecule has 0 aromatic carbocycles. The third kappa shape index (κ3) is 1.85. The molecule has 2 heterocycles. The Labute approximate surface area is 87.6 Å². The van der Waals surface area contributed by atoms with Crippen LogP contribution < -0.4 is 11.1 Å². The maximum atomic E-state index is 10.9. The van der Waals surface area contributed by atoms with E-state index in [0.717, 1.165) is 11.4 Å². The number of carbonyl (C=O) groups excluding carboxylic acids is 1. The van der Waals surface area contributed by atoms with Crippen LogP contribution in [0.15, 0.2) is 30.1 Å². The fourth-order valence-electron chi connectivity index (χ4n) is 1.28. The largest absolute Gasteiger partial charge is 0.366 e. The van der Waals surface area contributed by atoms with Gasteiger partial charge >= 0.3 is 0 Å². The fourth-order valence-corrected chi connectivity index (χ4v) is 1.28. The SMILES string of the molecule is Cl.NC(=O)C1=CNc2ncccc2C1. The number of hydrogen-bond donors (Lipinski definition) is 2. The van der Waals surface area contributed by atoms with E-state index in [9.17, 15) is 4.79 Å². The van der Waals surface area contributed by atoms with Crippen molar-refractivity contribution in [3.63, 3.8) is 0 Å². The summed E-state index contributed by atoms with van der Waals surface area (Å²) in [7, 11) is 0. The Morgan fingerprint density at radius 3 is 3.07 bits per heavy atom. The monoisotopic (exact) mass is 211 g/mol. The van der Waals surface area contributed by atoms with Crippen LogP contribution in [0.3, 0.4) is 0 Å². The predicted octanol–water partition coefficient (Wildman–Crippen LogP) is 0.841. The molecule has 1 aliphatic heterocycles. The predicted molar refractivity (Wildman–Crippen MR) is 56.1 cm³/mol. The van der Waals surface area contributed by atoms with Gasteiger partial charge in [-0.2, -0.15) is 0 Å². The van der Waals surface area contributed by atoms with Crippen LogP contribution in [0.2, 0.25) is 0 Å². The number of nitrogens with one attached hydrogen (secondary N) is 1. The summed E-state index contributed by atoms with van der Waals surface area (Å²) in [6, 6.07) is 3.76. The first-order valence-electron chi connectivity index (χ1n) is 3.96. The highest BCUT2D eigenvalue weighted by Crippen LogP contribution is 2.20. The maximum Gasteiger partial charge on any atom is 0.246 e. The molecule has 5 heteroatoms. The summed E-state index contributed by atoms with van der Waals surface area (Å²) in [5.41, 5.74) is 6.74. The van der Waals surface area contributed by atoms with E-state index in [4.69, 9.17) is 5.73 Å². The first kappa shape index (κ1) is 10.5. The van der Waals surface area contributed by atoms with E-state index in [1.54, 1.807) is 12.4 Å². The van der Waals surface area contributed by atoms with Gasteiger partial charge in [0.1, 0.15) is 5.82 Å². The number of aromatic nitrogens is 1. The van der Waals surface area contributed by atoms with Gasteiger partial charge in [-0.1, -0.05) is 6.07 Å². The van der Waals surface area contributed by atoms with Crippen molar-refractivity contribution >= 4 is 24.1 Å². The molecule has 2 rings (SSSR count). The second-order valence-electron chi connectivity index (χ2n) is 2.87. The third-order valence-corrected chi connectivity index (χ3v) is 1.97. The lowest BCUT2D eigenvalue weighted by molar-refractivity contribution is -0.114. The smallest absolute Gasteiger partial charge is 0.246 e. The number of pyridine rings is 1. The van der Waals surface area contributed by atoms with Gasteiger partial charge in [-0.05, 0) is 11.6 Å². The quantitative estimate of drug-likeness (QED) is 0.724. The topological polar surface area (TPSA) is 68.0 Å². The summed E-state index contributed by atoms with van der Waals surface area (Å²) >= 11 is 0. The number of nitrogens with zero attached hydrogens (tertiary/aromatic N) is 1. The van der Waals surface area contributed by atoms with Crippen molar-refractivity contribution in [3.8, 4) is 0 Å². The molecule has 1 aliphatic rings. The molecule has 3 N–H and O–H groups in total. The Morgan fingerprint density at radius 1 is 1.57 bits per heavy atom. The average molecular weight is 212 g/mol. The molecule has 1 aromatic rings. The van der Waals surface area contributed by atoms with Gasteiger partial charge in [0.2, 0.25) is 5.91 Å². The van der Waals surface area contributed by atoms with Gasteiger partial charge in [0, 0.05) is 24.4 Å². The minimum atomic E-state index is -0.387. The number of anilines is 1. The Balaban J connectivity index is 0.000000980. The lowest BCUT2D eigenvalue weighted by Gasteiger charge is -2.14. The molecule has 1 aromatic heterocycles. The number of fused-ring (bicyclic) bond motifs is 1. The zero-order chi connectivity index (χ0) is 9.26. The maximum absolute atomic E-state index is 10.9. The molecule has 0 saturated carbocycles. The second kappa shape index (κ2) is 4.11. The zero-order valence-electron chi connectivity index (χ0n) is 7.36. The third-order valence-electron chi connectivity index (χ3n) is 1.97. The van der Waals surface area contributed by atoms with Gasteiger partial charge in [0.15, 0.2) is 0 Å². The van der Waals surface area contributed by atoms with E-state index in [1.807, 2.05) is 12.1 Å². The van der Waals surface area contributed by atoms with Crippen molar-refractivity contribution < 1.29 is 4.79 Å². The van der Waals surface area contributed by atoms with Crippen molar-refractivity contribution in [1.29, 1.82) is 0 Å². The summed E-state index contributed by atoms with van der Waals surface area (Å²) < 4.78 is 0. The lowest BCUT2D eigenvalue weighted by atomic mass is 10.0. The summed E-state index contributed by atoms with van der Waals surface area (Å²) in [5, 5.41) is 2.92. The molecule has 0 fully saturated rings. The van der Waals surface area contributed by atoms with Crippen molar-refractivity contribution in [2.24, 2.45) is 5.73 Å². The van der Waals surface area contributed by atoms with Gasteiger partial charge in [-0.15, -0.1) is 12.4 Å². The molecule has 14 heavy (non-hydrogen) atoms. The van der Waals surface area contributed by atoms with Gasteiger partial charge in [0.25, 0.3) is 0 Å². The van der Waals surface area contributed by atoms with E-state index in [2.05, 4.69) is 10.3 Å². The Morgan fingerprint density at radius 2 is 2.36 bits per heavy atom. The molecule has 4 nitrogen and oxygen atoms in total. The van der Waals surface area contributed by atoms with Crippen LogP contribution in [0.25, 0.3) is 0 Å². The van der Waals surface area contributed by atoms with Crippen LogP contribution in [-0.4, -0.2) is 10.9 Å². The second-order valence-corrected chi connectivity index (χ2v) is 2.87. The van der Waals surface area contributed by atoms with E-state index in [1.165, 1.54) is 0 Å². The molecule has 74 valence electrons. The minimum Gasteiger partial charge on any atom is -0.366 e. The molecule has 0 saturated heterocycles. The highest BCUT2D eigenvalue weighted by atomic mass is 35.5. The summed E-state index contributed by atoms with van der Waals surface area (Å²) in [6.07, 6.45) is 3.87. The van der Waals surface area contributed by atoms with Gasteiger partial charge in [-0.25, -0.2) is 4.98 Å². The molecule has 1 amide bonds. The van der Waals surface area contributed by atoms with Crippen molar-refractivity contribution in [2.75, 3.05) is 5.32 Å². The number of nitrogens with two attached hydrogens (primary N) is 1. The highest BCUT2D eigenvalue weighted by Gasteiger charge is 2.14. The molecule has 0 spiro atoms. The van der Waals surface area contributed by atoms with E-state index in [-0.39, 0.29) is 18.3 Å². The molecule has 0 radical (unpaired) electrons. The summed E-state index contributed by atoms with van der Waals surface area (Å²) in [6.45, 7) is 0. The van der Waals surface area contributed by atoms with Crippen LogP contribution in [0.5, 0.6) is 0 Å². The van der Waals surface area contributed by atoms with E-state index < -0.39 is 0 Å². The highest BCUT2D eigenvalue weighted by molar-refractivity contribution is 5.93. The van der Waals surface area contributed by atoms with Crippen LogP contribution in [0.4, 0.5) is 5.82 Å². The molecular weight excluding hydrogens is 202 g/mol. The van der Waals surface area contributed by atoms with Gasteiger partial charge in [0.05, 0.1) is 0 Å². The summed E-state index contributed by atoms with van der Waals surface area (Å²) in [5.74, 6) is 0.412. The first-order valence-corrected chi connectivity index (χ1v) is 3.96. The minimum absolute atomic E-state index is 0. The normalized spacial score (nSPS) is 13.0. The number of hydrogen-bond acceptors (Lipinski definition) is 3. The van der Waals surface area contributed by atoms with Crippen LogP contribution in [-0.2, 0) is 11.2 Å². The molecule has 0 atom stereocenters. The van der Waals surface area contributed by atoms with Crippen LogP contribution >= 0.6 is 12.4 Å². The van der Waals surface area contributed by atoms with Crippen LogP contribution in [0.1, 0.15) is 5.56 Å². The zero-order valence-corrected chi connectivity index (χ0v) is 8.17. The summed E-state index contributed by atoms with van der Waals surface area (Å²) in [4.78, 5) is 15.0. The van der Waals surface area contributed by atoms with Crippen LogP contribution in [0, 0.1) is 0 Å². The van der Waals surface area contributed by atoms with Crippen molar-refractivity contribution in [2.45, 2.75) is 6.42 Å².